The van der Waals surface area contributed by atoms with Gasteiger partial charge in [-0.3, -0.25) is 0 Å². The van der Waals surface area contributed by atoms with Gasteiger partial charge in [0.25, 0.3) is 0 Å². The Labute approximate surface area is 140 Å². The van der Waals surface area contributed by atoms with Crippen LogP contribution in [0.5, 0.6) is 0 Å². The van der Waals surface area contributed by atoms with Crippen LogP contribution in [0.2, 0.25) is 0 Å². The third-order valence-corrected chi connectivity index (χ3v) is 4.60. The Hall–Kier alpha value is -0.130. The highest BCUT2D eigenvalue weighted by molar-refractivity contribution is 5.19. The maximum Gasteiger partial charge on any atom is 0.120 e. The molecule has 1 fully saturated rings. The van der Waals surface area contributed by atoms with E-state index in [1.807, 2.05) is 6.92 Å². The lowest BCUT2D eigenvalue weighted by atomic mass is 9.70. The Balaban J connectivity index is 0.00000200. The first-order valence-electron chi connectivity index (χ1n) is 7.41. The number of rotatable bonds is 3. The lowest BCUT2D eigenvalue weighted by Gasteiger charge is -2.47. The molecule has 20 heavy (non-hydrogen) atoms. The highest BCUT2D eigenvalue weighted by Gasteiger charge is 2.45. The number of hydrogen-bond donors (Lipinski definition) is 1. The van der Waals surface area contributed by atoms with Gasteiger partial charge in [0.1, 0.15) is 6.04 Å². The van der Waals surface area contributed by atoms with Crippen molar-refractivity contribution in [3.63, 3.8) is 0 Å². The Morgan fingerprint density at radius 3 is 2.25 bits per heavy atom. The van der Waals surface area contributed by atoms with E-state index in [4.69, 9.17) is 0 Å². The Bertz CT molecular complexity index is 411. The predicted octanol–water partition coefficient (Wildman–Crippen LogP) is 0.379. The Kier molecular flexibility index (Phi) is 6.05. The highest BCUT2D eigenvalue weighted by atomic mass is 127. The van der Waals surface area contributed by atoms with Crippen LogP contribution in [0, 0.1) is 5.92 Å². The van der Waals surface area contributed by atoms with E-state index in [-0.39, 0.29) is 24.0 Å². The maximum absolute atomic E-state index is 10.8. The molecule has 1 aliphatic rings. The quantitative estimate of drug-likeness (QED) is 0.586. The van der Waals surface area contributed by atoms with Gasteiger partial charge in [-0.05, 0) is 19.8 Å². The van der Waals surface area contributed by atoms with Crippen molar-refractivity contribution in [2.24, 2.45) is 5.92 Å². The molecule has 1 aromatic rings. The lowest BCUT2D eigenvalue weighted by Crippen LogP contribution is -3.00. The second-order valence-electron chi connectivity index (χ2n) is 7.18. The van der Waals surface area contributed by atoms with Gasteiger partial charge < -0.3 is 33.6 Å². The molecule has 0 radical (unpaired) electrons. The van der Waals surface area contributed by atoms with Gasteiger partial charge in [0, 0.05) is 11.5 Å². The second kappa shape index (κ2) is 6.75. The Morgan fingerprint density at radius 1 is 1.15 bits per heavy atom. The summed E-state index contributed by atoms with van der Waals surface area (Å²) in [6.45, 7) is 2.03. The van der Waals surface area contributed by atoms with E-state index in [2.05, 4.69) is 51.5 Å². The van der Waals surface area contributed by atoms with Crippen molar-refractivity contribution in [3.8, 4) is 0 Å². The molecule has 0 aliphatic heterocycles. The molecule has 0 amide bonds. The van der Waals surface area contributed by atoms with E-state index in [0.717, 1.165) is 23.7 Å². The molecule has 1 N–H and O–H groups in total. The first-order chi connectivity index (χ1) is 8.82. The summed E-state index contributed by atoms with van der Waals surface area (Å²) in [7, 11) is 6.72. The maximum atomic E-state index is 10.8. The van der Waals surface area contributed by atoms with Gasteiger partial charge in [0.05, 0.1) is 26.7 Å². The summed E-state index contributed by atoms with van der Waals surface area (Å²) in [6.07, 6.45) is 4.45. The monoisotopic (exact) mass is 389 g/mol. The minimum absolute atomic E-state index is 0. The summed E-state index contributed by atoms with van der Waals surface area (Å²) in [5, 5.41) is 10.8. The van der Waals surface area contributed by atoms with Crippen LogP contribution >= 0.6 is 0 Å². The molecule has 0 unspecified atom stereocenters. The van der Waals surface area contributed by atoms with Crippen molar-refractivity contribution in [2.75, 3.05) is 21.1 Å². The smallest absolute Gasteiger partial charge is 0.120 e. The fourth-order valence-electron chi connectivity index (χ4n) is 3.71. The number of quaternary nitrogens is 1. The van der Waals surface area contributed by atoms with Crippen molar-refractivity contribution < 1.29 is 33.6 Å². The van der Waals surface area contributed by atoms with Crippen LogP contribution in [-0.4, -0.2) is 36.3 Å². The zero-order valence-electron chi connectivity index (χ0n) is 13.1. The van der Waals surface area contributed by atoms with E-state index < -0.39 is 5.60 Å². The van der Waals surface area contributed by atoms with Gasteiger partial charge >= 0.3 is 0 Å². The van der Waals surface area contributed by atoms with Gasteiger partial charge in [-0.15, -0.1) is 0 Å². The Morgan fingerprint density at radius 2 is 1.75 bits per heavy atom. The first-order valence-corrected chi connectivity index (χ1v) is 7.41. The van der Waals surface area contributed by atoms with Gasteiger partial charge in [-0.1, -0.05) is 43.2 Å². The summed E-state index contributed by atoms with van der Waals surface area (Å²) in [5.74, 6) is 0.337. The van der Waals surface area contributed by atoms with Gasteiger partial charge in [-0.25, -0.2) is 0 Å². The predicted molar refractivity (Wildman–Crippen MR) is 79.8 cm³/mol. The number of hydrogen-bond acceptors (Lipinski definition) is 1. The molecule has 1 saturated carbocycles. The average Bonchev–Trinajstić information content (AvgIpc) is 2.31. The molecule has 1 aromatic carbocycles. The van der Waals surface area contributed by atoms with Crippen LogP contribution in [0.4, 0.5) is 0 Å². The largest absolute Gasteiger partial charge is 1.00 e. The normalized spacial score (nSPS) is 28.6. The summed E-state index contributed by atoms with van der Waals surface area (Å²) < 4.78 is 0.866. The summed E-state index contributed by atoms with van der Waals surface area (Å²) in [4.78, 5) is 0. The second-order valence-corrected chi connectivity index (χ2v) is 7.18. The van der Waals surface area contributed by atoms with Crippen molar-refractivity contribution in [3.05, 3.63) is 35.9 Å². The number of aliphatic hydroxyl groups is 1. The molecule has 0 spiro atoms. The van der Waals surface area contributed by atoms with E-state index >= 15 is 0 Å². The highest BCUT2D eigenvalue weighted by Crippen LogP contribution is 2.45. The minimum Gasteiger partial charge on any atom is -1.00 e. The topological polar surface area (TPSA) is 20.2 Å². The fraction of sp³-hybridized carbons (Fsp3) is 0.647. The molecule has 1 aliphatic carbocycles. The molecule has 3 atom stereocenters. The van der Waals surface area contributed by atoms with Crippen LogP contribution in [-0.2, 0) is 0 Å². The molecule has 3 heteroatoms. The molecular weight excluding hydrogens is 361 g/mol. The summed E-state index contributed by atoms with van der Waals surface area (Å²) in [5.41, 5.74) is 0.812. The lowest BCUT2D eigenvalue weighted by molar-refractivity contribution is -0.908. The van der Waals surface area contributed by atoms with Crippen LogP contribution in [0.25, 0.3) is 0 Å². The van der Waals surface area contributed by atoms with Crippen molar-refractivity contribution in [2.45, 2.75) is 44.2 Å². The third-order valence-electron chi connectivity index (χ3n) is 4.60. The molecule has 0 bridgehead atoms. The van der Waals surface area contributed by atoms with Gasteiger partial charge in [0.2, 0.25) is 0 Å². The molecule has 2 nitrogen and oxygen atoms in total. The van der Waals surface area contributed by atoms with E-state index in [1.54, 1.807) is 0 Å². The van der Waals surface area contributed by atoms with Crippen molar-refractivity contribution >= 4 is 0 Å². The zero-order valence-corrected chi connectivity index (χ0v) is 15.3. The van der Waals surface area contributed by atoms with E-state index in [0.29, 0.717) is 12.0 Å². The molecule has 2 rings (SSSR count). The number of halogens is 1. The summed E-state index contributed by atoms with van der Waals surface area (Å²) >= 11 is 0. The van der Waals surface area contributed by atoms with E-state index in [9.17, 15) is 5.11 Å². The molecule has 0 heterocycles. The zero-order chi connectivity index (χ0) is 14.1. The van der Waals surface area contributed by atoms with Gasteiger partial charge in [0.15, 0.2) is 0 Å². The van der Waals surface area contributed by atoms with Crippen LogP contribution in [0.1, 0.15) is 44.2 Å². The molecule has 114 valence electrons. The van der Waals surface area contributed by atoms with Gasteiger partial charge in [-0.2, -0.15) is 0 Å². The standard InChI is InChI=1S/C17H28NO.HI/c1-17(19)13-9-8-12-15(17)16(18(2,3)4)14-10-6-5-7-11-14;/h5-7,10-11,15-16,19H,8-9,12-13H2,1-4H3;1H/q+1;/p-1/t15-,16-,17+;/m0./s1. The SMILES string of the molecule is C[C@@]1(O)CCCC[C@H]1[C@H](c1ccccc1)[N+](C)(C)C.[I-]. The minimum atomic E-state index is -0.537. The first kappa shape index (κ1) is 17.9. The third kappa shape index (κ3) is 3.95. The van der Waals surface area contributed by atoms with Crippen molar-refractivity contribution in [1.29, 1.82) is 0 Å². The average molecular weight is 389 g/mol. The molecule has 0 aromatic heterocycles. The molecule has 0 saturated heterocycles. The van der Waals surface area contributed by atoms with Crippen molar-refractivity contribution in [1.82, 2.24) is 0 Å². The fourth-order valence-corrected chi connectivity index (χ4v) is 3.71. The van der Waals surface area contributed by atoms with E-state index in [1.165, 1.54) is 12.0 Å². The number of benzene rings is 1. The van der Waals surface area contributed by atoms with Crippen LogP contribution in [0.3, 0.4) is 0 Å². The van der Waals surface area contributed by atoms with Crippen LogP contribution < -0.4 is 24.0 Å². The number of nitrogens with zero attached hydrogens (tertiary/aromatic N) is 1. The summed E-state index contributed by atoms with van der Waals surface area (Å²) in [6, 6.07) is 11.1. The molecular formula is C17H28INO. The van der Waals surface area contributed by atoms with Crippen LogP contribution in [0.15, 0.2) is 30.3 Å².